The lowest BCUT2D eigenvalue weighted by Gasteiger charge is -2.24. The van der Waals surface area contributed by atoms with Gasteiger partial charge in [-0.2, -0.15) is 4.31 Å². The summed E-state index contributed by atoms with van der Waals surface area (Å²) >= 11 is 12.2. The van der Waals surface area contributed by atoms with Crippen molar-refractivity contribution in [3.8, 4) is 0 Å². The number of carbonyl (C=O) groups is 1. The van der Waals surface area contributed by atoms with Gasteiger partial charge in [0.25, 0.3) is 0 Å². The van der Waals surface area contributed by atoms with Crippen LogP contribution in [0.5, 0.6) is 0 Å². The first-order valence-corrected chi connectivity index (χ1v) is 12.2. The third-order valence-corrected chi connectivity index (χ3v) is 7.46. The highest BCUT2D eigenvalue weighted by molar-refractivity contribution is 7.89. The lowest BCUT2D eigenvalue weighted by atomic mass is 10.1. The Morgan fingerprint density at radius 1 is 0.969 bits per heavy atom. The van der Waals surface area contributed by atoms with Crippen molar-refractivity contribution in [2.24, 2.45) is 0 Å². The molecule has 8 heteroatoms. The minimum absolute atomic E-state index is 0.0291. The monoisotopic (exact) mass is 490 g/mol. The Bertz CT molecular complexity index is 1180. The van der Waals surface area contributed by atoms with Gasteiger partial charge >= 0.3 is 0 Å². The molecule has 1 N–H and O–H groups in total. The molecule has 0 radical (unpaired) electrons. The lowest BCUT2D eigenvalue weighted by Crippen LogP contribution is -2.41. The fraction of sp³-hybridized carbons (Fsp3) is 0.208. The highest BCUT2D eigenvalue weighted by Crippen LogP contribution is 2.23. The van der Waals surface area contributed by atoms with Crippen LogP contribution >= 0.6 is 23.2 Å². The van der Waals surface area contributed by atoms with E-state index in [0.717, 1.165) is 15.4 Å². The number of sulfonamides is 1. The molecule has 0 aliphatic rings. The van der Waals surface area contributed by atoms with Crippen molar-refractivity contribution in [2.75, 3.05) is 6.54 Å². The Balaban J connectivity index is 1.84. The molecule has 1 unspecified atom stereocenters. The highest BCUT2D eigenvalue weighted by atomic mass is 35.5. The number of carbonyl (C=O) groups excluding carboxylic acids is 1. The molecule has 3 aromatic rings. The van der Waals surface area contributed by atoms with E-state index in [4.69, 9.17) is 23.2 Å². The molecule has 32 heavy (non-hydrogen) atoms. The molecule has 0 aliphatic heterocycles. The number of nitrogens with zero attached hydrogens (tertiary/aromatic N) is 1. The van der Waals surface area contributed by atoms with Gasteiger partial charge < -0.3 is 5.32 Å². The molecule has 1 amide bonds. The van der Waals surface area contributed by atoms with Crippen molar-refractivity contribution in [3.63, 3.8) is 0 Å². The quantitative estimate of drug-likeness (QED) is 0.461. The first kappa shape index (κ1) is 24.3. The molecule has 0 saturated carbocycles. The van der Waals surface area contributed by atoms with Gasteiger partial charge in [0, 0.05) is 16.6 Å². The van der Waals surface area contributed by atoms with E-state index in [1.54, 1.807) is 60.7 Å². The van der Waals surface area contributed by atoms with Crippen molar-refractivity contribution in [2.45, 2.75) is 31.3 Å². The third-order valence-electron chi connectivity index (χ3n) is 5.03. The van der Waals surface area contributed by atoms with Crippen LogP contribution in [0.4, 0.5) is 0 Å². The maximum atomic E-state index is 13.4. The molecule has 0 spiro atoms. The molecule has 0 fully saturated rings. The summed E-state index contributed by atoms with van der Waals surface area (Å²) in [6.07, 6.45) is 0. The maximum Gasteiger partial charge on any atom is 0.243 e. The zero-order valence-electron chi connectivity index (χ0n) is 17.8. The van der Waals surface area contributed by atoms with Crippen LogP contribution < -0.4 is 5.32 Å². The molecule has 3 rings (SSSR count). The lowest BCUT2D eigenvalue weighted by molar-refractivity contribution is -0.122. The van der Waals surface area contributed by atoms with Crippen molar-refractivity contribution in [3.05, 3.63) is 99.5 Å². The smallest absolute Gasteiger partial charge is 0.243 e. The molecule has 1 atom stereocenters. The van der Waals surface area contributed by atoms with E-state index in [1.165, 1.54) is 0 Å². The molecule has 5 nitrogen and oxygen atoms in total. The normalized spacial score (nSPS) is 12.5. The number of hydrogen-bond donors (Lipinski definition) is 1. The number of nitrogens with one attached hydrogen (secondary N) is 1. The summed E-state index contributed by atoms with van der Waals surface area (Å²) in [5.41, 5.74) is 2.42. The summed E-state index contributed by atoms with van der Waals surface area (Å²) in [6, 6.07) is 20.3. The van der Waals surface area contributed by atoms with Crippen LogP contribution in [0.1, 0.15) is 29.7 Å². The van der Waals surface area contributed by atoms with Crippen LogP contribution in [0.15, 0.2) is 77.7 Å². The SMILES string of the molecule is Cc1ccc(S(=O)(=O)N(CC(=O)NC(C)c2ccc(Cl)cc2)Cc2ccccc2Cl)cc1. The van der Waals surface area contributed by atoms with Gasteiger partial charge in [-0.3, -0.25) is 4.79 Å². The topological polar surface area (TPSA) is 66.5 Å². The predicted molar refractivity (Wildman–Crippen MR) is 128 cm³/mol. The second kappa shape index (κ2) is 10.5. The summed E-state index contributed by atoms with van der Waals surface area (Å²) in [6.45, 7) is 3.33. The molecule has 0 aromatic heterocycles. The first-order chi connectivity index (χ1) is 15.2. The number of hydrogen-bond acceptors (Lipinski definition) is 3. The van der Waals surface area contributed by atoms with E-state index in [-0.39, 0.29) is 24.0 Å². The Morgan fingerprint density at radius 3 is 2.22 bits per heavy atom. The second-order valence-electron chi connectivity index (χ2n) is 7.52. The van der Waals surface area contributed by atoms with E-state index >= 15 is 0 Å². The van der Waals surface area contributed by atoms with Crippen molar-refractivity contribution in [1.82, 2.24) is 9.62 Å². The van der Waals surface area contributed by atoms with Crippen LogP contribution in [0.3, 0.4) is 0 Å². The van der Waals surface area contributed by atoms with Gasteiger partial charge in [0.05, 0.1) is 17.5 Å². The average Bonchev–Trinajstić information content (AvgIpc) is 2.75. The molecule has 168 valence electrons. The van der Waals surface area contributed by atoms with Gasteiger partial charge in [-0.25, -0.2) is 8.42 Å². The van der Waals surface area contributed by atoms with Crippen molar-refractivity contribution < 1.29 is 13.2 Å². The zero-order chi connectivity index (χ0) is 23.3. The minimum atomic E-state index is -3.94. The summed E-state index contributed by atoms with van der Waals surface area (Å²) in [5, 5.41) is 3.89. The Hall–Kier alpha value is -2.38. The summed E-state index contributed by atoms with van der Waals surface area (Å²) < 4.78 is 27.9. The molecule has 0 saturated heterocycles. The highest BCUT2D eigenvalue weighted by Gasteiger charge is 2.28. The summed E-state index contributed by atoms with van der Waals surface area (Å²) in [4.78, 5) is 13.0. The van der Waals surface area contributed by atoms with E-state index < -0.39 is 15.9 Å². The fourth-order valence-corrected chi connectivity index (χ4v) is 4.88. The first-order valence-electron chi connectivity index (χ1n) is 10.0. The number of benzene rings is 3. The van der Waals surface area contributed by atoms with Gasteiger partial charge in [0.2, 0.25) is 15.9 Å². The van der Waals surface area contributed by atoms with Crippen molar-refractivity contribution >= 4 is 39.1 Å². The molecular formula is C24H24Cl2N2O3S. The van der Waals surface area contributed by atoms with Gasteiger partial charge in [-0.15, -0.1) is 0 Å². The van der Waals surface area contributed by atoms with Gasteiger partial charge in [0.15, 0.2) is 0 Å². The van der Waals surface area contributed by atoms with Gasteiger partial charge in [-0.1, -0.05) is 71.2 Å². The number of rotatable bonds is 8. The standard InChI is InChI=1S/C24H24Cl2N2O3S/c1-17-7-13-22(14-8-17)32(30,31)28(15-20-5-3-4-6-23(20)26)16-24(29)27-18(2)19-9-11-21(25)12-10-19/h3-14,18H,15-16H2,1-2H3,(H,27,29). The van der Waals surface area contributed by atoms with E-state index in [1.807, 2.05) is 26.0 Å². The fourth-order valence-electron chi connectivity index (χ4n) is 3.18. The molecule has 0 aliphatic carbocycles. The van der Waals surface area contributed by atoms with Gasteiger partial charge in [0.1, 0.15) is 0 Å². The largest absolute Gasteiger partial charge is 0.348 e. The number of aryl methyl sites for hydroxylation is 1. The molecule has 3 aromatic carbocycles. The van der Waals surface area contributed by atoms with E-state index in [9.17, 15) is 13.2 Å². The predicted octanol–water partition coefficient (Wildman–Crippen LogP) is 5.37. The average molecular weight is 491 g/mol. The van der Waals surface area contributed by atoms with Crippen LogP contribution in [0, 0.1) is 6.92 Å². The molecular weight excluding hydrogens is 467 g/mol. The number of amides is 1. The Labute approximate surface area is 199 Å². The molecule has 0 bridgehead atoms. The number of halogens is 2. The Morgan fingerprint density at radius 2 is 1.59 bits per heavy atom. The minimum Gasteiger partial charge on any atom is -0.348 e. The van der Waals surface area contributed by atoms with Gasteiger partial charge in [-0.05, 0) is 55.3 Å². The summed E-state index contributed by atoms with van der Waals surface area (Å²) in [5.74, 6) is -0.421. The third kappa shape index (κ3) is 6.11. The van der Waals surface area contributed by atoms with Crippen LogP contribution in [0.25, 0.3) is 0 Å². The van der Waals surface area contributed by atoms with Crippen LogP contribution in [0.2, 0.25) is 10.0 Å². The zero-order valence-corrected chi connectivity index (χ0v) is 20.1. The van der Waals surface area contributed by atoms with Crippen LogP contribution in [-0.4, -0.2) is 25.2 Å². The maximum absolute atomic E-state index is 13.4. The van der Waals surface area contributed by atoms with E-state index in [0.29, 0.717) is 15.6 Å². The molecule has 0 heterocycles. The second-order valence-corrected chi connectivity index (χ2v) is 10.3. The van der Waals surface area contributed by atoms with Crippen LogP contribution in [-0.2, 0) is 21.4 Å². The Kier molecular flexibility index (Phi) is 7.96. The summed E-state index contributed by atoms with van der Waals surface area (Å²) in [7, 11) is -3.94. The van der Waals surface area contributed by atoms with Crippen molar-refractivity contribution in [1.29, 1.82) is 0 Å². The van der Waals surface area contributed by atoms with E-state index in [2.05, 4.69) is 5.32 Å².